The van der Waals surface area contributed by atoms with Crippen LogP contribution in [0.15, 0.2) is 53.8 Å². The van der Waals surface area contributed by atoms with E-state index >= 15 is 0 Å². The van der Waals surface area contributed by atoms with Crippen molar-refractivity contribution in [3.05, 3.63) is 48.9 Å². The van der Waals surface area contributed by atoms with E-state index in [0.29, 0.717) is 32.0 Å². The topological polar surface area (TPSA) is 156 Å². The molecule has 0 aliphatic carbocycles. The Morgan fingerprint density at radius 1 is 1.00 bits per heavy atom. The van der Waals surface area contributed by atoms with Gasteiger partial charge in [-0.15, -0.1) is 0 Å². The Bertz CT molecular complexity index is 1180. The highest BCUT2D eigenvalue weighted by atomic mass is 32.2. The van der Waals surface area contributed by atoms with Gasteiger partial charge in [-0.3, -0.25) is 4.98 Å². The number of carbonyl (C=O) groups is 2. The Hall–Kier alpha value is -3.51. The van der Waals surface area contributed by atoms with Crippen LogP contribution in [0.25, 0.3) is 0 Å². The van der Waals surface area contributed by atoms with Crippen molar-refractivity contribution < 1.29 is 64.0 Å². The normalized spacial score (nSPS) is 18.9. The minimum atomic E-state index is -5.08. The summed E-state index contributed by atoms with van der Waals surface area (Å²) in [6.45, 7) is 1.23. The predicted molar refractivity (Wildman–Crippen MR) is 117 cm³/mol. The lowest BCUT2D eigenvalue weighted by atomic mass is 9.86. The van der Waals surface area contributed by atoms with E-state index in [-0.39, 0.29) is 11.0 Å². The molecule has 0 saturated carbocycles. The van der Waals surface area contributed by atoms with E-state index in [2.05, 4.69) is 9.97 Å². The van der Waals surface area contributed by atoms with Gasteiger partial charge in [-0.2, -0.15) is 30.6 Å². The molecular formula is C21H21F6N3O8S. The molecule has 18 heteroatoms. The van der Waals surface area contributed by atoms with Crippen LogP contribution in [0, 0.1) is 0 Å². The zero-order valence-corrected chi connectivity index (χ0v) is 20.4. The van der Waals surface area contributed by atoms with Crippen LogP contribution in [0.3, 0.4) is 0 Å². The van der Waals surface area contributed by atoms with Gasteiger partial charge in [-0.1, -0.05) is 6.07 Å². The number of nitrogens with zero attached hydrogens (tertiary/aromatic N) is 3. The lowest BCUT2D eigenvalue weighted by molar-refractivity contribution is -0.193. The molecule has 2 aliphatic heterocycles. The molecule has 2 aliphatic rings. The van der Waals surface area contributed by atoms with Gasteiger partial charge in [0.2, 0.25) is 15.9 Å². The van der Waals surface area contributed by atoms with Crippen molar-refractivity contribution in [2.75, 3.05) is 19.7 Å². The molecule has 0 bridgehead atoms. The van der Waals surface area contributed by atoms with Gasteiger partial charge in [0.25, 0.3) is 0 Å². The van der Waals surface area contributed by atoms with Crippen LogP contribution < -0.4 is 4.74 Å². The van der Waals surface area contributed by atoms with Crippen LogP contribution in [-0.2, 0) is 24.3 Å². The number of halogens is 6. The number of pyridine rings is 2. The first-order chi connectivity index (χ1) is 18.0. The van der Waals surface area contributed by atoms with E-state index in [1.807, 2.05) is 18.2 Å². The molecule has 1 unspecified atom stereocenters. The summed E-state index contributed by atoms with van der Waals surface area (Å²) in [5.41, 5.74) is -0.465. The molecule has 2 saturated heterocycles. The maximum Gasteiger partial charge on any atom is 0.490 e. The average Bonchev–Trinajstić information content (AvgIpc) is 2.83. The molecule has 39 heavy (non-hydrogen) atoms. The fourth-order valence-corrected chi connectivity index (χ4v) is 4.86. The molecular weight excluding hydrogens is 568 g/mol. The summed E-state index contributed by atoms with van der Waals surface area (Å²) in [7, 11) is -3.52. The minimum Gasteiger partial charge on any atom is -0.475 e. The Balaban J connectivity index is 0.000000317. The van der Waals surface area contributed by atoms with Gasteiger partial charge in [0, 0.05) is 50.6 Å². The van der Waals surface area contributed by atoms with Crippen LogP contribution in [0.4, 0.5) is 26.3 Å². The number of carboxylic acids is 2. The van der Waals surface area contributed by atoms with Crippen LogP contribution in [0.1, 0.15) is 12.8 Å². The molecule has 11 nitrogen and oxygen atoms in total. The van der Waals surface area contributed by atoms with E-state index < -0.39 is 39.9 Å². The lowest BCUT2D eigenvalue weighted by Gasteiger charge is -2.51. The third kappa shape index (κ3) is 9.32. The number of carboxylic acid groups (broad SMARTS) is 2. The molecule has 1 atom stereocenters. The zero-order valence-electron chi connectivity index (χ0n) is 19.6. The lowest BCUT2D eigenvalue weighted by Crippen LogP contribution is -2.67. The fourth-order valence-electron chi connectivity index (χ4n) is 3.31. The van der Waals surface area contributed by atoms with E-state index in [0.717, 1.165) is 6.42 Å². The number of hydrogen-bond acceptors (Lipinski definition) is 8. The third-order valence-corrected chi connectivity index (χ3v) is 6.83. The first-order valence-electron chi connectivity index (χ1n) is 10.7. The van der Waals surface area contributed by atoms with Gasteiger partial charge in [0.05, 0.1) is 12.2 Å². The maximum atomic E-state index is 12.6. The zero-order chi connectivity index (χ0) is 29.5. The summed E-state index contributed by atoms with van der Waals surface area (Å²) in [6.07, 6.45) is -4.14. The monoisotopic (exact) mass is 589 g/mol. The molecule has 216 valence electrons. The number of alkyl halides is 6. The molecule has 1 spiro atoms. The van der Waals surface area contributed by atoms with Crippen molar-refractivity contribution in [1.29, 1.82) is 0 Å². The van der Waals surface area contributed by atoms with Gasteiger partial charge < -0.3 is 19.7 Å². The van der Waals surface area contributed by atoms with Crippen molar-refractivity contribution in [3.63, 3.8) is 0 Å². The van der Waals surface area contributed by atoms with Crippen LogP contribution in [-0.4, -0.2) is 88.6 Å². The first-order valence-corrected chi connectivity index (χ1v) is 12.1. The van der Waals surface area contributed by atoms with Gasteiger partial charge >= 0.3 is 24.3 Å². The first kappa shape index (κ1) is 31.7. The summed E-state index contributed by atoms with van der Waals surface area (Å²) in [5.74, 6) is -4.93. The van der Waals surface area contributed by atoms with Gasteiger partial charge in [0.15, 0.2) is 0 Å². The van der Waals surface area contributed by atoms with E-state index in [1.165, 1.54) is 10.5 Å². The molecule has 2 aromatic rings. The molecule has 0 aromatic carbocycles. The van der Waals surface area contributed by atoms with Crippen LogP contribution in [0.2, 0.25) is 0 Å². The van der Waals surface area contributed by atoms with Crippen molar-refractivity contribution in [1.82, 2.24) is 14.3 Å². The summed E-state index contributed by atoms with van der Waals surface area (Å²) < 4.78 is 102. The average molecular weight is 589 g/mol. The van der Waals surface area contributed by atoms with Crippen molar-refractivity contribution in [3.8, 4) is 5.88 Å². The quantitative estimate of drug-likeness (QED) is 0.509. The number of hydrogen-bond donors (Lipinski definition) is 2. The van der Waals surface area contributed by atoms with Crippen molar-refractivity contribution in [2.24, 2.45) is 0 Å². The molecule has 2 aromatic heterocycles. The Kier molecular flexibility index (Phi) is 10.2. The summed E-state index contributed by atoms with van der Waals surface area (Å²) in [4.78, 5) is 26.1. The van der Waals surface area contributed by atoms with Crippen molar-refractivity contribution in [2.45, 2.75) is 41.8 Å². The highest BCUT2D eigenvalue weighted by Crippen LogP contribution is 2.38. The van der Waals surface area contributed by atoms with Gasteiger partial charge in [0.1, 0.15) is 11.0 Å². The number of aromatic nitrogens is 2. The second-order valence-corrected chi connectivity index (χ2v) is 9.94. The molecule has 0 amide bonds. The van der Waals surface area contributed by atoms with Crippen LogP contribution in [0.5, 0.6) is 5.88 Å². The molecule has 4 rings (SSSR count). The summed E-state index contributed by atoms with van der Waals surface area (Å²) in [5, 5.41) is 14.2. The highest BCUT2D eigenvalue weighted by Gasteiger charge is 2.52. The van der Waals surface area contributed by atoms with Crippen molar-refractivity contribution >= 4 is 22.0 Å². The van der Waals surface area contributed by atoms with E-state index in [4.69, 9.17) is 29.3 Å². The number of ether oxygens (including phenoxy) is 2. The maximum absolute atomic E-state index is 12.6. The number of rotatable bonds is 4. The summed E-state index contributed by atoms with van der Waals surface area (Å²) in [6, 6.07) is 8.72. The minimum absolute atomic E-state index is 0.0214. The second-order valence-electron chi connectivity index (χ2n) is 8.00. The number of sulfonamides is 1. The Morgan fingerprint density at radius 2 is 1.59 bits per heavy atom. The number of aliphatic carboxylic acids is 2. The van der Waals surface area contributed by atoms with E-state index in [1.54, 1.807) is 24.5 Å². The Labute approximate surface area is 217 Å². The SMILES string of the molecule is O=C(O)C(F)(F)F.O=C(O)C(F)(F)F.O=S(=O)(c1cccnc1)N1CC2(CC(Oc3ccccn3)CCO2)C1. The van der Waals surface area contributed by atoms with Crippen LogP contribution >= 0.6 is 0 Å². The Morgan fingerprint density at radius 3 is 2.05 bits per heavy atom. The largest absolute Gasteiger partial charge is 0.490 e. The standard InChI is InChI=1S/C17H19N3O4S.2C2HF3O2/c21-25(22,15-4-3-7-18-11-15)20-12-17(13-20)10-14(6-9-23-17)24-16-5-1-2-8-19-16;2*3-2(4,5)1(6)7/h1-5,7-8,11,14H,6,9-10,12-13H2;2*(H,6,7). The predicted octanol–water partition coefficient (Wildman–Crippen LogP) is 2.74. The van der Waals surface area contributed by atoms with Gasteiger partial charge in [-0.05, 0) is 18.2 Å². The highest BCUT2D eigenvalue weighted by molar-refractivity contribution is 7.89. The molecule has 0 radical (unpaired) electrons. The smallest absolute Gasteiger partial charge is 0.475 e. The third-order valence-electron chi connectivity index (χ3n) is 5.06. The fraction of sp³-hybridized carbons (Fsp3) is 0.429. The molecule has 4 heterocycles. The molecule has 2 N–H and O–H groups in total. The molecule has 2 fully saturated rings. The van der Waals surface area contributed by atoms with Gasteiger partial charge in [-0.25, -0.2) is 23.0 Å². The van der Waals surface area contributed by atoms with E-state index in [9.17, 15) is 34.8 Å². The summed E-state index contributed by atoms with van der Waals surface area (Å²) >= 11 is 0. The second kappa shape index (κ2) is 12.6.